The molecule has 4 saturated heterocycles. The van der Waals surface area contributed by atoms with Gasteiger partial charge in [-0.3, -0.25) is 38.5 Å². The molecule has 7 aliphatic rings. The van der Waals surface area contributed by atoms with Gasteiger partial charge in [0.1, 0.15) is 11.9 Å². The largest absolute Gasteiger partial charge is 0.351 e. The van der Waals surface area contributed by atoms with Gasteiger partial charge in [0.05, 0.1) is 16.4 Å². The second-order valence-electron chi connectivity index (χ2n) is 19.0. The molecule has 2 aliphatic carbocycles. The summed E-state index contributed by atoms with van der Waals surface area (Å²) in [5.74, 6) is 1.15. The Hall–Kier alpha value is -4.68. The molecule has 4 unspecified atom stereocenters. The van der Waals surface area contributed by atoms with Gasteiger partial charge in [0.25, 0.3) is 10.2 Å². The van der Waals surface area contributed by atoms with Crippen LogP contribution in [0.15, 0.2) is 29.2 Å². The molecule has 4 atom stereocenters. The highest BCUT2D eigenvalue weighted by atomic mass is 32.2. The molecule has 2 saturated carbocycles. The van der Waals surface area contributed by atoms with Gasteiger partial charge in [-0.05, 0) is 94.2 Å². The van der Waals surface area contributed by atoms with E-state index >= 15 is 0 Å². The minimum Gasteiger partial charge on any atom is -0.351 e. The monoisotopic (exact) mass is 856 g/mol. The first kappa shape index (κ1) is 40.4. The van der Waals surface area contributed by atoms with Gasteiger partial charge < -0.3 is 10.2 Å². The van der Waals surface area contributed by atoms with Gasteiger partial charge in [-0.15, -0.1) is 0 Å². The van der Waals surface area contributed by atoms with Crippen LogP contribution < -0.4 is 21.2 Å². The van der Waals surface area contributed by atoms with Crippen molar-refractivity contribution in [1.82, 2.24) is 37.9 Å². The van der Waals surface area contributed by atoms with E-state index in [1.54, 1.807) is 15.7 Å². The number of anilines is 2. The van der Waals surface area contributed by atoms with Crippen LogP contribution in [-0.4, -0.2) is 116 Å². The van der Waals surface area contributed by atoms with Gasteiger partial charge in [0.15, 0.2) is 0 Å². The number of benzene rings is 1. The van der Waals surface area contributed by atoms with Crippen molar-refractivity contribution in [1.29, 1.82) is 0 Å². The topological polar surface area (TPSA) is 192 Å². The van der Waals surface area contributed by atoms with Gasteiger partial charge in [-0.25, -0.2) is 9.78 Å². The van der Waals surface area contributed by atoms with Gasteiger partial charge in [0, 0.05) is 88.4 Å². The van der Waals surface area contributed by atoms with Crippen molar-refractivity contribution < 1.29 is 27.6 Å². The first-order chi connectivity index (χ1) is 29.3. The van der Waals surface area contributed by atoms with Crippen molar-refractivity contribution in [3.63, 3.8) is 0 Å². The summed E-state index contributed by atoms with van der Waals surface area (Å²) in [6, 6.07) is 5.13. The quantitative estimate of drug-likeness (QED) is 0.287. The van der Waals surface area contributed by atoms with E-state index in [0.717, 1.165) is 61.9 Å². The average Bonchev–Trinajstić information content (AvgIpc) is 3.51. The zero-order chi connectivity index (χ0) is 42.4. The third kappa shape index (κ3) is 6.87. The van der Waals surface area contributed by atoms with E-state index in [9.17, 15) is 32.4 Å². The van der Waals surface area contributed by atoms with Crippen molar-refractivity contribution >= 4 is 56.6 Å². The van der Waals surface area contributed by atoms with Crippen molar-refractivity contribution in [3.8, 4) is 0 Å². The summed E-state index contributed by atoms with van der Waals surface area (Å²) in [6.45, 7) is 5.03. The van der Waals surface area contributed by atoms with Gasteiger partial charge in [-0.1, -0.05) is 19.4 Å². The van der Waals surface area contributed by atoms with Gasteiger partial charge in [0.2, 0.25) is 29.6 Å². The number of nitrogens with one attached hydrogen (secondary N) is 2. The number of piperidine rings is 2. The highest BCUT2D eigenvalue weighted by Gasteiger charge is 2.62. The molecule has 18 heteroatoms. The molecule has 7 heterocycles. The van der Waals surface area contributed by atoms with Crippen LogP contribution in [-0.2, 0) is 48.3 Å². The number of aryl methyl sites for hydroxylation is 2. The van der Waals surface area contributed by atoms with E-state index in [-0.39, 0.29) is 53.8 Å². The van der Waals surface area contributed by atoms with E-state index in [1.165, 1.54) is 9.13 Å². The molecule has 326 valence electrons. The minimum absolute atomic E-state index is 0.0123. The van der Waals surface area contributed by atoms with E-state index in [0.29, 0.717) is 94.3 Å². The molecule has 6 fully saturated rings. The van der Waals surface area contributed by atoms with Crippen LogP contribution in [0.4, 0.5) is 11.8 Å². The number of amides is 4. The predicted octanol–water partition coefficient (Wildman–Crippen LogP) is 2.74. The number of nitrogens with zero attached hydrogens (tertiary/aromatic N) is 8. The first-order valence-corrected chi connectivity index (χ1v) is 23.7. The molecule has 0 radical (unpaired) electrons. The number of imide groups is 1. The number of likely N-dealkylation sites (tertiary alicyclic amines) is 1. The lowest BCUT2D eigenvalue weighted by Crippen LogP contribution is -2.49. The summed E-state index contributed by atoms with van der Waals surface area (Å²) in [5, 5.41) is 5.81. The van der Waals surface area contributed by atoms with Crippen molar-refractivity contribution in [3.05, 3.63) is 46.0 Å². The Morgan fingerprint density at radius 3 is 2.46 bits per heavy atom. The normalized spacial score (nSPS) is 28.2. The van der Waals surface area contributed by atoms with E-state index in [1.807, 2.05) is 34.2 Å². The summed E-state index contributed by atoms with van der Waals surface area (Å²) >= 11 is 0. The Kier molecular flexibility index (Phi) is 9.93. The lowest BCUT2D eigenvalue weighted by Gasteiger charge is -2.34. The minimum atomic E-state index is -3.67. The number of aromatic nitrogens is 4. The molecule has 2 N–H and O–H groups in total. The molecular formula is C43H56N10O7S. The Morgan fingerprint density at radius 1 is 0.934 bits per heavy atom. The molecule has 2 spiro atoms. The molecule has 10 rings (SSSR count). The predicted molar refractivity (Wildman–Crippen MR) is 226 cm³/mol. The lowest BCUT2D eigenvalue weighted by atomic mass is 9.86. The fourth-order valence-corrected chi connectivity index (χ4v) is 13.1. The number of carbonyl (C=O) groups is 4. The van der Waals surface area contributed by atoms with Crippen LogP contribution in [0.2, 0.25) is 0 Å². The van der Waals surface area contributed by atoms with Crippen molar-refractivity contribution in [2.24, 2.45) is 18.4 Å². The zero-order valence-electron chi connectivity index (χ0n) is 35.1. The third-order valence-electron chi connectivity index (χ3n) is 15.2. The first-order valence-electron chi connectivity index (χ1n) is 22.3. The highest BCUT2D eigenvalue weighted by molar-refractivity contribution is 7.86. The second kappa shape index (κ2) is 15.0. The maximum Gasteiger partial charge on any atom is 0.329 e. The maximum absolute atomic E-state index is 14.0. The SMILES string of the molecule is CC1CCCC1N1C(=O)C2(CC2)c2cnc(NC3CCN(S(=O)(=O)N4CCC5(CCN(C(=O)CCCc6ccc7c(c6)n(C)c(=O)n7C6CCC(=O)NC6=O)C5)C4)CC3)nc21. The Balaban J connectivity index is 0.707. The number of fused-ring (bicyclic) bond motifs is 3. The Morgan fingerprint density at radius 2 is 1.72 bits per heavy atom. The fourth-order valence-electron chi connectivity index (χ4n) is 11.4. The van der Waals surface area contributed by atoms with Crippen LogP contribution in [0, 0.1) is 11.3 Å². The Bertz CT molecular complexity index is 2490. The molecule has 4 amide bonds. The smallest absolute Gasteiger partial charge is 0.329 e. The number of hydrogen-bond donors (Lipinski definition) is 2. The van der Waals surface area contributed by atoms with Crippen LogP contribution in [0.5, 0.6) is 0 Å². The summed E-state index contributed by atoms with van der Waals surface area (Å²) in [5.41, 5.74) is 2.27. The van der Waals surface area contributed by atoms with E-state index < -0.39 is 27.6 Å². The molecule has 17 nitrogen and oxygen atoms in total. The highest BCUT2D eigenvalue weighted by Crippen LogP contribution is 2.58. The van der Waals surface area contributed by atoms with Crippen LogP contribution >= 0.6 is 0 Å². The number of rotatable bonds is 10. The van der Waals surface area contributed by atoms with Crippen molar-refractivity contribution in [2.45, 2.75) is 120 Å². The van der Waals surface area contributed by atoms with E-state index in [2.05, 4.69) is 22.5 Å². The summed E-state index contributed by atoms with van der Waals surface area (Å²) in [6.07, 6.45) is 11.6. The molecule has 3 aromatic rings. The average molecular weight is 857 g/mol. The van der Waals surface area contributed by atoms with Crippen LogP contribution in [0.25, 0.3) is 11.0 Å². The van der Waals surface area contributed by atoms with Crippen molar-refractivity contribution in [2.75, 3.05) is 49.5 Å². The third-order valence-corrected chi connectivity index (χ3v) is 17.2. The van der Waals surface area contributed by atoms with Crippen LogP contribution in [0.1, 0.15) is 108 Å². The maximum atomic E-state index is 14.0. The number of hydrogen-bond acceptors (Lipinski definition) is 10. The van der Waals surface area contributed by atoms with Gasteiger partial charge >= 0.3 is 5.69 Å². The van der Waals surface area contributed by atoms with Crippen LogP contribution in [0.3, 0.4) is 0 Å². The standard InChI is InChI=1S/C43H56N10O7S/c1-27-5-3-7-31(27)53-37-30(43(15-16-43)39(53)57)24-44-40(47-37)45-29-13-19-50(20-14-29)61(59,60)51-22-18-42(26-51)17-21-49(25-42)36(55)8-4-6-28-9-10-32-34(23-28)48(2)41(58)52(32)33-11-12-35(54)46-38(33)56/h9-10,23-24,27,29,31,33H,3-8,11-22,25-26H2,1-2H3,(H,44,45,47)(H,46,54,56). The zero-order valence-corrected chi connectivity index (χ0v) is 35.9. The number of carbonyl (C=O) groups excluding carboxylic acids is 4. The fraction of sp³-hybridized carbons (Fsp3) is 0.651. The summed E-state index contributed by atoms with van der Waals surface area (Å²) in [7, 11) is -2.00. The molecule has 1 aromatic carbocycles. The number of imidazole rings is 1. The molecule has 0 bridgehead atoms. The Labute approximate surface area is 355 Å². The molecular weight excluding hydrogens is 801 g/mol. The lowest BCUT2D eigenvalue weighted by molar-refractivity contribution is -0.136. The molecule has 61 heavy (non-hydrogen) atoms. The molecule has 5 aliphatic heterocycles. The second-order valence-corrected chi connectivity index (χ2v) is 20.9. The van der Waals surface area contributed by atoms with Gasteiger partial charge in [-0.2, -0.15) is 22.0 Å². The summed E-state index contributed by atoms with van der Waals surface area (Å²) < 4.78 is 34.1. The summed E-state index contributed by atoms with van der Waals surface area (Å²) in [4.78, 5) is 78.0. The molecule has 2 aromatic heterocycles. The van der Waals surface area contributed by atoms with E-state index in [4.69, 9.17) is 4.98 Å².